The Labute approximate surface area is 116 Å². The molecule has 0 aliphatic carbocycles. The van der Waals surface area contributed by atoms with Gasteiger partial charge in [0.15, 0.2) is 0 Å². The summed E-state index contributed by atoms with van der Waals surface area (Å²) in [5, 5.41) is 0. The second-order valence-electron chi connectivity index (χ2n) is 3.36. The van der Waals surface area contributed by atoms with Crippen LogP contribution in [0.1, 0.15) is 19.8 Å². The molecule has 0 atom stereocenters. The van der Waals surface area contributed by atoms with Gasteiger partial charge in [0.05, 0.1) is 6.67 Å². The van der Waals surface area contributed by atoms with Gasteiger partial charge in [-0.1, -0.05) is 13.3 Å². The van der Waals surface area contributed by atoms with Crippen molar-refractivity contribution < 1.29 is 46.8 Å². The Hall–Kier alpha value is 0.125. The van der Waals surface area contributed by atoms with Crippen LogP contribution >= 0.6 is 0 Å². The number of nitrogens with zero attached hydrogens (tertiary/aromatic N) is 2. The number of halogens is 4. The topological polar surface area (TPSA) is 6.48 Å². The summed E-state index contributed by atoms with van der Waals surface area (Å²) >= 11 is 0. The smallest absolute Gasteiger partial charge is 0.418 e. The predicted molar refractivity (Wildman–Crippen MR) is 53.6 cm³/mol. The molecule has 0 saturated carbocycles. The third-order valence-corrected chi connectivity index (χ3v) is 1.74. The van der Waals surface area contributed by atoms with Crippen molar-refractivity contribution in [1.29, 1.82) is 0 Å². The largest absolute Gasteiger partial charge is 1.00 e. The minimum Gasteiger partial charge on any atom is -0.418 e. The van der Waals surface area contributed by atoms with Gasteiger partial charge < -0.3 is 27.1 Å². The van der Waals surface area contributed by atoms with Crippen LogP contribution in [0.3, 0.4) is 0 Å². The van der Waals surface area contributed by atoms with Crippen LogP contribution in [0.25, 0.3) is 0 Å². The van der Waals surface area contributed by atoms with Crippen molar-refractivity contribution in [2.75, 3.05) is 20.3 Å². The molecule has 90 valence electrons. The zero-order valence-electron chi connectivity index (χ0n) is 9.97. The molecule has 0 spiro atoms. The summed E-state index contributed by atoms with van der Waals surface area (Å²) in [6, 6.07) is 0. The quantitative estimate of drug-likeness (QED) is 0.504. The van der Waals surface area contributed by atoms with Crippen LogP contribution in [-0.4, -0.2) is 37.3 Å². The zero-order valence-corrected chi connectivity index (χ0v) is 12.0. The molecule has 0 bridgehead atoms. The predicted octanol–water partition coefficient (Wildman–Crippen LogP) is -0.233. The van der Waals surface area contributed by atoms with Crippen LogP contribution in [0.5, 0.6) is 0 Å². The van der Waals surface area contributed by atoms with Gasteiger partial charge in [0.2, 0.25) is 0 Å². The molecule has 0 amide bonds. The third kappa shape index (κ3) is 14.1. The SMILES string of the molecule is CCCCN1C=CN(C)C1.F[B-](F)(F)F.[Na+]. The van der Waals surface area contributed by atoms with Crippen LogP contribution in [0.2, 0.25) is 0 Å². The van der Waals surface area contributed by atoms with E-state index in [2.05, 4.69) is 36.2 Å². The first-order chi connectivity index (χ1) is 6.83. The van der Waals surface area contributed by atoms with Gasteiger partial charge in [0.1, 0.15) is 0 Å². The van der Waals surface area contributed by atoms with Gasteiger partial charge in [-0.2, -0.15) is 0 Å². The molecular formula is C8H16BF4N2Na. The fraction of sp³-hybridized carbons (Fsp3) is 0.750. The van der Waals surface area contributed by atoms with Gasteiger partial charge in [-0.25, -0.2) is 0 Å². The molecule has 1 aliphatic rings. The summed E-state index contributed by atoms with van der Waals surface area (Å²) in [6.07, 6.45) is 6.87. The molecule has 1 rings (SSSR count). The Balaban J connectivity index is 0. The fourth-order valence-corrected chi connectivity index (χ4v) is 1.10. The van der Waals surface area contributed by atoms with Crippen LogP contribution in [-0.2, 0) is 0 Å². The van der Waals surface area contributed by atoms with Crippen LogP contribution < -0.4 is 29.6 Å². The standard InChI is InChI=1S/C8H16N2.BF4.Na/c1-3-4-5-10-7-6-9(2)8-10;2-1(3,4)5;/h6-7H,3-5,8H2,1-2H3;;/q;-1;+1. The number of rotatable bonds is 3. The molecule has 0 fully saturated rings. The van der Waals surface area contributed by atoms with Crippen LogP contribution in [0, 0.1) is 0 Å². The van der Waals surface area contributed by atoms with E-state index < -0.39 is 7.25 Å². The Kier molecular flexibility index (Phi) is 10.6. The molecule has 0 aromatic rings. The van der Waals surface area contributed by atoms with Crippen LogP contribution in [0.15, 0.2) is 12.4 Å². The molecule has 16 heavy (non-hydrogen) atoms. The molecular weight excluding hydrogens is 234 g/mol. The van der Waals surface area contributed by atoms with E-state index in [0.717, 1.165) is 6.67 Å². The second kappa shape index (κ2) is 9.19. The van der Waals surface area contributed by atoms with Crippen LogP contribution in [0.4, 0.5) is 17.3 Å². The summed E-state index contributed by atoms with van der Waals surface area (Å²) in [5.74, 6) is 0. The maximum atomic E-state index is 9.75. The summed E-state index contributed by atoms with van der Waals surface area (Å²) in [6.45, 7) is 4.50. The van der Waals surface area contributed by atoms with E-state index in [-0.39, 0.29) is 29.6 Å². The van der Waals surface area contributed by atoms with Crippen molar-refractivity contribution in [3.8, 4) is 0 Å². The molecule has 1 aliphatic heterocycles. The van der Waals surface area contributed by atoms with Gasteiger partial charge >= 0.3 is 36.8 Å². The molecule has 0 N–H and O–H groups in total. The van der Waals surface area contributed by atoms with Gasteiger partial charge in [0.25, 0.3) is 0 Å². The number of hydrogen-bond donors (Lipinski definition) is 0. The van der Waals surface area contributed by atoms with E-state index >= 15 is 0 Å². The van der Waals surface area contributed by atoms with Crippen molar-refractivity contribution in [3.05, 3.63) is 12.4 Å². The first-order valence-electron chi connectivity index (χ1n) is 4.83. The summed E-state index contributed by atoms with van der Waals surface area (Å²) in [4.78, 5) is 4.53. The zero-order chi connectivity index (χ0) is 11.9. The molecule has 8 heteroatoms. The third-order valence-electron chi connectivity index (χ3n) is 1.74. The Morgan fingerprint density at radius 3 is 2.00 bits per heavy atom. The summed E-state index contributed by atoms with van der Waals surface area (Å²) in [7, 11) is -3.90. The summed E-state index contributed by atoms with van der Waals surface area (Å²) in [5.41, 5.74) is 0. The molecule has 1 heterocycles. The van der Waals surface area contributed by atoms with E-state index in [1.165, 1.54) is 19.4 Å². The average molecular weight is 250 g/mol. The maximum absolute atomic E-state index is 9.75. The Bertz CT molecular complexity index is 195. The fourth-order valence-electron chi connectivity index (χ4n) is 1.10. The molecule has 2 nitrogen and oxygen atoms in total. The maximum Gasteiger partial charge on any atom is 1.00 e. The first kappa shape index (κ1) is 18.5. The molecule has 0 aromatic heterocycles. The minimum atomic E-state index is -6.00. The Morgan fingerprint density at radius 2 is 1.69 bits per heavy atom. The summed E-state index contributed by atoms with van der Waals surface area (Å²) < 4.78 is 39.0. The first-order valence-corrected chi connectivity index (χ1v) is 4.83. The van der Waals surface area contributed by atoms with E-state index in [4.69, 9.17) is 0 Å². The van der Waals surface area contributed by atoms with Crippen molar-refractivity contribution in [1.82, 2.24) is 9.80 Å². The minimum absolute atomic E-state index is 0. The van der Waals surface area contributed by atoms with Crippen molar-refractivity contribution in [3.63, 3.8) is 0 Å². The van der Waals surface area contributed by atoms with Gasteiger partial charge in [-0.15, -0.1) is 0 Å². The van der Waals surface area contributed by atoms with Crippen molar-refractivity contribution in [2.24, 2.45) is 0 Å². The molecule has 0 saturated heterocycles. The molecule has 0 unspecified atom stereocenters. The number of hydrogen-bond acceptors (Lipinski definition) is 2. The van der Waals surface area contributed by atoms with E-state index in [1.807, 2.05) is 0 Å². The molecule has 0 aromatic carbocycles. The average Bonchev–Trinajstić information content (AvgIpc) is 2.45. The van der Waals surface area contributed by atoms with E-state index in [9.17, 15) is 17.3 Å². The monoisotopic (exact) mass is 250 g/mol. The van der Waals surface area contributed by atoms with E-state index in [0.29, 0.717) is 0 Å². The van der Waals surface area contributed by atoms with Gasteiger partial charge in [-0.3, -0.25) is 0 Å². The van der Waals surface area contributed by atoms with E-state index in [1.54, 1.807) is 0 Å². The Morgan fingerprint density at radius 1 is 1.19 bits per heavy atom. The normalized spacial score (nSPS) is 14.4. The van der Waals surface area contributed by atoms with Crippen molar-refractivity contribution >= 4 is 7.25 Å². The van der Waals surface area contributed by atoms with Gasteiger partial charge in [-0.05, 0) is 6.42 Å². The van der Waals surface area contributed by atoms with Crippen molar-refractivity contribution in [2.45, 2.75) is 19.8 Å². The number of unbranched alkanes of at least 4 members (excludes halogenated alkanes) is 1. The second-order valence-corrected chi connectivity index (χ2v) is 3.36. The van der Waals surface area contributed by atoms with Gasteiger partial charge in [0, 0.05) is 26.0 Å². The molecule has 0 radical (unpaired) electrons.